The summed E-state index contributed by atoms with van der Waals surface area (Å²) in [5, 5.41) is 0. The topological polar surface area (TPSA) is 9.23 Å². The van der Waals surface area contributed by atoms with Gasteiger partial charge >= 0.3 is 0 Å². The van der Waals surface area contributed by atoms with Gasteiger partial charge in [-0.3, -0.25) is 0 Å². The van der Waals surface area contributed by atoms with E-state index in [2.05, 4.69) is 25.2 Å². The predicted molar refractivity (Wildman–Crippen MR) is 112 cm³/mol. The Bertz CT molecular complexity index is 329. The van der Waals surface area contributed by atoms with Crippen LogP contribution in [-0.2, 0) is 4.74 Å². The zero-order valence-corrected chi connectivity index (χ0v) is 17.1. The number of hydrogen-bond donors (Lipinski definition) is 0. The number of hydrogen-bond acceptors (Lipinski definition) is 1. The molecule has 1 aliphatic rings. The molecule has 0 aromatic heterocycles. The van der Waals surface area contributed by atoms with E-state index >= 15 is 0 Å². The van der Waals surface area contributed by atoms with Crippen LogP contribution in [-0.4, -0.2) is 13.2 Å². The van der Waals surface area contributed by atoms with Gasteiger partial charge in [-0.2, -0.15) is 0 Å². The zero-order valence-electron chi connectivity index (χ0n) is 17.1. The average molecular weight is 349 g/mol. The highest BCUT2D eigenvalue weighted by atomic mass is 16.5. The third-order valence-corrected chi connectivity index (χ3v) is 5.17. The first-order valence-electron chi connectivity index (χ1n) is 11.4. The van der Waals surface area contributed by atoms with Gasteiger partial charge in [-0.1, -0.05) is 101 Å². The molecule has 1 aliphatic carbocycles. The zero-order chi connectivity index (χ0) is 17.8. The van der Waals surface area contributed by atoms with Gasteiger partial charge in [-0.05, 0) is 38.5 Å². The minimum Gasteiger partial charge on any atom is -0.381 e. The molecule has 1 heteroatoms. The molecule has 0 spiro atoms. The predicted octanol–water partition coefficient (Wildman–Crippen LogP) is 8.15. The van der Waals surface area contributed by atoms with Gasteiger partial charge in [0.05, 0.1) is 0 Å². The van der Waals surface area contributed by atoms with Crippen molar-refractivity contribution in [1.82, 2.24) is 0 Å². The third-order valence-electron chi connectivity index (χ3n) is 5.17. The van der Waals surface area contributed by atoms with E-state index in [1.54, 1.807) is 5.57 Å². The Kier molecular flexibility index (Phi) is 16.4. The molecule has 0 radical (unpaired) electrons. The van der Waals surface area contributed by atoms with Crippen molar-refractivity contribution in [2.75, 3.05) is 13.2 Å². The summed E-state index contributed by atoms with van der Waals surface area (Å²) >= 11 is 0. The Labute approximate surface area is 158 Å². The summed E-state index contributed by atoms with van der Waals surface area (Å²) in [5.41, 5.74) is 1.58. The Morgan fingerprint density at radius 3 is 1.76 bits per heavy atom. The van der Waals surface area contributed by atoms with Gasteiger partial charge in [-0.25, -0.2) is 0 Å². The lowest BCUT2D eigenvalue weighted by molar-refractivity contribution is 0.130. The SMILES string of the molecule is CCCOCCCCCCCCCCCCCCCC1=CCCC=C1. The summed E-state index contributed by atoms with van der Waals surface area (Å²) in [6.45, 7) is 4.09. The van der Waals surface area contributed by atoms with Crippen molar-refractivity contribution in [1.29, 1.82) is 0 Å². The molecule has 0 aromatic carbocycles. The van der Waals surface area contributed by atoms with Crippen LogP contribution in [0.2, 0.25) is 0 Å². The third kappa shape index (κ3) is 15.4. The van der Waals surface area contributed by atoms with E-state index in [0.717, 1.165) is 19.6 Å². The largest absolute Gasteiger partial charge is 0.381 e. The molecule has 0 aliphatic heterocycles. The Hall–Kier alpha value is -0.560. The van der Waals surface area contributed by atoms with Crippen molar-refractivity contribution in [3.05, 3.63) is 23.8 Å². The van der Waals surface area contributed by atoms with Crippen molar-refractivity contribution in [3.8, 4) is 0 Å². The van der Waals surface area contributed by atoms with Crippen LogP contribution in [0.5, 0.6) is 0 Å². The molecular weight excluding hydrogens is 304 g/mol. The number of allylic oxidation sites excluding steroid dienone is 4. The van der Waals surface area contributed by atoms with Crippen molar-refractivity contribution >= 4 is 0 Å². The van der Waals surface area contributed by atoms with Crippen LogP contribution in [0.25, 0.3) is 0 Å². The van der Waals surface area contributed by atoms with E-state index in [4.69, 9.17) is 4.74 Å². The van der Waals surface area contributed by atoms with Gasteiger partial charge in [0.25, 0.3) is 0 Å². The second kappa shape index (κ2) is 18.2. The van der Waals surface area contributed by atoms with E-state index in [0.29, 0.717) is 0 Å². The van der Waals surface area contributed by atoms with E-state index in [1.165, 1.54) is 103 Å². The van der Waals surface area contributed by atoms with Crippen LogP contribution in [0.15, 0.2) is 23.8 Å². The molecule has 1 nitrogen and oxygen atoms in total. The summed E-state index contributed by atoms with van der Waals surface area (Å²) in [6.07, 6.45) is 30.5. The lowest BCUT2D eigenvalue weighted by Gasteiger charge is -2.06. The standard InChI is InChI=1S/C24H44O/c1-2-22-25-23-18-13-11-9-7-5-3-4-6-8-10-12-15-19-24-20-16-14-17-21-24/h16,20-21H,2-15,17-19,22-23H2,1H3. The monoisotopic (exact) mass is 348 g/mol. The van der Waals surface area contributed by atoms with E-state index in [9.17, 15) is 0 Å². The van der Waals surface area contributed by atoms with E-state index in [1.807, 2.05) is 0 Å². The molecule has 0 N–H and O–H groups in total. The highest BCUT2D eigenvalue weighted by Gasteiger charge is 1.98. The van der Waals surface area contributed by atoms with E-state index < -0.39 is 0 Å². The second-order valence-electron chi connectivity index (χ2n) is 7.72. The highest BCUT2D eigenvalue weighted by molar-refractivity contribution is 5.21. The van der Waals surface area contributed by atoms with Crippen molar-refractivity contribution in [2.24, 2.45) is 0 Å². The summed E-state index contributed by atoms with van der Waals surface area (Å²) in [5.74, 6) is 0. The maximum absolute atomic E-state index is 5.51. The molecule has 0 atom stereocenters. The van der Waals surface area contributed by atoms with Crippen LogP contribution in [0.1, 0.15) is 116 Å². The Balaban J connectivity index is 1.68. The summed E-state index contributed by atoms with van der Waals surface area (Å²) < 4.78 is 5.51. The maximum atomic E-state index is 5.51. The van der Waals surface area contributed by atoms with Crippen molar-refractivity contribution in [2.45, 2.75) is 116 Å². The summed E-state index contributed by atoms with van der Waals surface area (Å²) in [7, 11) is 0. The molecule has 25 heavy (non-hydrogen) atoms. The lowest BCUT2D eigenvalue weighted by atomic mass is 10.00. The minimum atomic E-state index is 0.940. The fourth-order valence-electron chi connectivity index (χ4n) is 3.58. The molecule has 0 amide bonds. The lowest BCUT2D eigenvalue weighted by Crippen LogP contribution is -1.95. The number of unbranched alkanes of at least 4 members (excludes halogenated alkanes) is 12. The molecule has 0 saturated carbocycles. The van der Waals surface area contributed by atoms with Crippen LogP contribution < -0.4 is 0 Å². The number of rotatable bonds is 18. The summed E-state index contributed by atoms with van der Waals surface area (Å²) in [6, 6.07) is 0. The van der Waals surface area contributed by atoms with Crippen molar-refractivity contribution < 1.29 is 4.74 Å². The molecule has 0 bridgehead atoms. The van der Waals surface area contributed by atoms with Gasteiger partial charge < -0.3 is 4.74 Å². The normalized spacial score (nSPS) is 14.0. The molecule has 0 unspecified atom stereocenters. The molecular formula is C24H44O. The van der Waals surface area contributed by atoms with Gasteiger partial charge in [-0.15, -0.1) is 0 Å². The first-order chi connectivity index (χ1) is 12.4. The minimum absolute atomic E-state index is 0.940. The van der Waals surface area contributed by atoms with Gasteiger partial charge in [0.15, 0.2) is 0 Å². The van der Waals surface area contributed by atoms with Crippen molar-refractivity contribution in [3.63, 3.8) is 0 Å². The fourth-order valence-corrected chi connectivity index (χ4v) is 3.58. The smallest absolute Gasteiger partial charge is 0.0466 e. The van der Waals surface area contributed by atoms with Crippen LogP contribution in [0.3, 0.4) is 0 Å². The molecule has 1 rings (SSSR count). The molecule has 0 heterocycles. The molecule has 0 saturated heterocycles. The first-order valence-corrected chi connectivity index (χ1v) is 11.4. The first kappa shape index (κ1) is 22.5. The van der Waals surface area contributed by atoms with Crippen LogP contribution >= 0.6 is 0 Å². The Morgan fingerprint density at radius 1 is 0.680 bits per heavy atom. The molecule has 0 fully saturated rings. The maximum Gasteiger partial charge on any atom is 0.0466 e. The highest BCUT2D eigenvalue weighted by Crippen LogP contribution is 2.18. The Morgan fingerprint density at radius 2 is 1.24 bits per heavy atom. The van der Waals surface area contributed by atoms with Crippen LogP contribution in [0.4, 0.5) is 0 Å². The second-order valence-corrected chi connectivity index (χ2v) is 7.72. The molecule has 146 valence electrons. The van der Waals surface area contributed by atoms with Crippen LogP contribution in [0, 0.1) is 0 Å². The summed E-state index contributed by atoms with van der Waals surface area (Å²) in [4.78, 5) is 0. The fraction of sp³-hybridized carbons (Fsp3) is 0.833. The molecule has 0 aromatic rings. The van der Waals surface area contributed by atoms with E-state index in [-0.39, 0.29) is 0 Å². The quantitative estimate of drug-likeness (QED) is 0.227. The number of ether oxygens (including phenoxy) is 1. The average Bonchev–Trinajstić information content (AvgIpc) is 2.65. The van der Waals surface area contributed by atoms with Gasteiger partial charge in [0.2, 0.25) is 0 Å². The van der Waals surface area contributed by atoms with Gasteiger partial charge in [0, 0.05) is 13.2 Å². The van der Waals surface area contributed by atoms with Gasteiger partial charge in [0.1, 0.15) is 0 Å².